The third-order valence-corrected chi connectivity index (χ3v) is 4.91. The minimum atomic E-state index is 0.306. The first-order valence-corrected chi connectivity index (χ1v) is 8.56. The Morgan fingerprint density at radius 3 is 2.05 bits per heavy atom. The van der Waals surface area contributed by atoms with Crippen molar-refractivity contribution < 1.29 is 0 Å². The maximum absolute atomic E-state index is 2.83. The molecule has 19 heavy (non-hydrogen) atoms. The summed E-state index contributed by atoms with van der Waals surface area (Å²) in [6.45, 7) is 15.8. The molecule has 0 saturated carbocycles. The van der Waals surface area contributed by atoms with Crippen molar-refractivity contribution in [2.75, 3.05) is 6.54 Å². The van der Waals surface area contributed by atoms with Crippen LogP contribution >= 0.6 is 0 Å². The van der Waals surface area contributed by atoms with Crippen molar-refractivity contribution >= 4 is 0 Å². The molecule has 1 unspecified atom stereocenters. The lowest BCUT2D eigenvalue weighted by molar-refractivity contribution is 0.00524. The van der Waals surface area contributed by atoms with Crippen LogP contribution in [0, 0.1) is 5.41 Å². The first kappa shape index (κ1) is 17.0. The average molecular weight is 268 g/mol. The van der Waals surface area contributed by atoms with Crippen LogP contribution < -0.4 is 0 Å². The Balaban J connectivity index is 2.93. The standard InChI is InChI=1S/C18H37N/c1-7-14-18(5,6)16-13-11-9-8-10-12-15-19(16)17(2,3)4/h16H,7-15H2,1-6H3. The lowest BCUT2D eigenvalue weighted by Crippen LogP contribution is -2.54. The van der Waals surface area contributed by atoms with Gasteiger partial charge in [-0.15, -0.1) is 0 Å². The van der Waals surface area contributed by atoms with Crippen LogP contribution in [0.25, 0.3) is 0 Å². The molecule has 0 bridgehead atoms. The number of hydrogen-bond acceptors (Lipinski definition) is 1. The van der Waals surface area contributed by atoms with Gasteiger partial charge in [-0.25, -0.2) is 0 Å². The molecule has 1 heterocycles. The molecule has 0 spiro atoms. The van der Waals surface area contributed by atoms with Gasteiger partial charge in [-0.3, -0.25) is 4.90 Å². The van der Waals surface area contributed by atoms with Crippen LogP contribution in [0.4, 0.5) is 0 Å². The molecule has 1 nitrogen and oxygen atoms in total. The summed E-state index contributed by atoms with van der Waals surface area (Å²) in [7, 11) is 0. The predicted molar refractivity (Wildman–Crippen MR) is 86.6 cm³/mol. The molecule has 114 valence electrons. The third-order valence-electron chi connectivity index (χ3n) is 4.91. The zero-order valence-electron chi connectivity index (χ0n) is 14.4. The van der Waals surface area contributed by atoms with E-state index in [1.807, 2.05) is 0 Å². The van der Waals surface area contributed by atoms with Gasteiger partial charge in [0.05, 0.1) is 0 Å². The van der Waals surface area contributed by atoms with E-state index in [0.717, 1.165) is 6.04 Å². The molecular weight excluding hydrogens is 230 g/mol. The van der Waals surface area contributed by atoms with E-state index in [-0.39, 0.29) is 0 Å². The van der Waals surface area contributed by atoms with Crippen LogP contribution in [0.2, 0.25) is 0 Å². The number of nitrogens with zero attached hydrogens (tertiary/aromatic N) is 1. The molecule has 0 N–H and O–H groups in total. The molecule has 1 aliphatic rings. The molecule has 0 aromatic heterocycles. The topological polar surface area (TPSA) is 3.24 Å². The highest BCUT2D eigenvalue weighted by atomic mass is 15.2. The van der Waals surface area contributed by atoms with Crippen LogP contribution in [0.15, 0.2) is 0 Å². The van der Waals surface area contributed by atoms with Gasteiger partial charge in [0.15, 0.2) is 0 Å². The first-order valence-electron chi connectivity index (χ1n) is 8.56. The van der Waals surface area contributed by atoms with Crippen molar-refractivity contribution in [3.63, 3.8) is 0 Å². The number of rotatable bonds is 3. The highest BCUT2D eigenvalue weighted by Gasteiger charge is 2.37. The van der Waals surface area contributed by atoms with Gasteiger partial charge in [0.1, 0.15) is 0 Å². The predicted octanol–water partition coefficient (Wildman–Crippen LogP) is 5.64. The molecule has 1 fully saturated rings. The normalized spacial score (nSPS) is 24.6. The Kier molecular flexibility index (Phi) is 6.36. The second-order valence-corrected chi connectivity index (χ2v) is 8.18. The summed E-state index contributed by atoms with van der Waals surface area (Å²) in [4.78, 5) is 2.83. The van der Waals surface area contributed by atoms with Crippen LogP contribution in [-0.4, -0.2) is 23.0 Å². The minimum Gasteiger partial charge on any atom is -0.295 e. The molecule has 0 aliphatic carbocycles. The molecule has 1 aliphatic heterocycles. The Labute approximate surface area is 122 Å². The van der Waals surface area contributed by atoms with Gasteiger partial charge in [0.2, 0.25) is 0 Å². The van der Waals surface area contributed by atoms with Gasteiger partial charge in [0, 0.05) is 11.6 Å². The smallest absolute Gasteiger partial charge is 0.0152 e. The fourth-order valence-corrected chi connectivity index (χ4v) is 3.89. The quantitative estimate of drug-likeness (QED) is 0.640. The maximum Gasteiger partial charge on any atom is 0.0152 e. The van der Waals surface area contributed by atoms with Gasteiger partial charge in [-0.2, -0.15) is 0 Å². The van der Waals surface area contributed by atoms with Gasteiger partial charge in [-0.1, -0.05) is 52.9 Å². The highest BCUT2D eigenvalue weighted by molar-refractivity contribution is 4.92. The molecule has 1 heteroatoms. The Morgan fingerprint density at radius 1 is 0.895 bits per heavy atom. The van der Waals surface area contributed by atoms with Crippen LogP contribution in [0.3, 0.4) is 0 Å². The van der Waals surface area contributed by atoms with E-state index in [1.54, 1.807) is 0 Å². The summed E-state index contributed by atoms with van der Waals surface area (Å²) >= 11 is 0. The fraction of sp³-hybridized carbons (Fsp3) is 1.00. The summed E-state index contributed by atoms with van der Waals surface area (Å²) in [5.41, 5.74) is 0.756. The summed E-state index contributed by atoms with van der Waals surface area (Å²) in [5.74, 6) is 0. The van der Waals surface area contributed by atoms with Crippen molar-refractivity contribution in [2.45, 2.75) is 104 Å². The number of hydrogen-bond donors (Lipinski definition) is 0. The lowest BCUT2D eigenvalue weighted by Gasteiger charge is -2.49. The molecule has 1 saturated heterocycles. The molecular formula is C18H37N. The fourth-order valence-electron chi connectivity index (χ4n) is 3.89. The van der Waals surface area contributed by atoms with Crippen LogP contribution in [0.1, 0.15) is 92.9 Å². The molecule has 0 amide bonds. The molecule has 0 aromatic carbocycles. The molecule has 0 aromatic rings. The van der Waals surface area contributed by atoms with Crippen LogP contribution in [0.5, 0.6) is 0 Å². The zero-order valence-corrected chi connectivity index (χ0v) is 14.4. The maximum atomic E-state index is 2.83. The van der Waals surface area contributed by atoms with E-state index in [1.165, 1.54) is 57.9 Å². The van der Waals surface area contributed by atoms with E-state index in [2.05, 4.69) is 46.4 Å². The highest BCUT2D eigenvalue weighted by Crippen LogP contribution is 2.37. The summed E-state index contributed by atoms with van der Waals surface area (Å²) < 4.78 is 0. The molecule has 1 rings (SSSR count). The van der Waals surface area contributed by atoms with Crippen molar-refractivity contribution in [2.24, 2.45) is 5.41 Å². The van der Waals surface area contributed by atoms with Crippen molar-refractivity contribution in [3.8, 4) is 0 Å². The van der Waals surface area contributed by atoms with Crippen molar-refractivity contribution in [3.05, 3.63) is 0 Å². The average Bonchev–Trinajstić information content (AvgIpc) is 2.38. The second kappa shape index (κ2) is 7.11. The zero-order chi connectivity index (χ0) is 14.5. The van der Waals surface area contributed by atoms with Gasteiger partial charge < -0.3 is 0 Å². The molecule has 1 atom stereocenters. The third kappa shape index (κ3) is 5.10. The largest absolute Gasteiger partial charge is 0.295 e. The SMILES string of the molecule is CCCC(C)(C)C1CCCCCCCN1C(C)(C)C. The Bertz CT molecular complexity index is 249. The molecule has 0 radical (unpaired) electrons. The van der Waals surface area contributed by atoms with Gasteiger partial charge in [0.25, 0.3) is 0 Å². The summed E-state index contributed by atoms with van der Waals surface area (Å²) in [5, 5.41) is 0. The van der Waals surface area contributed by atoms with Gasteiger partial charge >= 0.3 is 0 Å². The van der Waals surface area contributed by atoms with E-state index >= 15 is 0 Å². The van der Waals surface area contributed by atoms with Gasteiger partial charge in [-0.05, 0) is 52.0 Å². The van der Waals surface area contributed by atoms with Crippen LogP contribution in [-0.2, 0) is 0 Å². The monoisotopic (exact) mass is 267 g/mol. The van der Waals surface area contributed by atoms with E-state index in [0.29, 0.717) is 11.0 Å². The van der Waals surface area contributed by atoms with E-state index in [9.17, 15) is 0 Å². The summed E-state index contributed by atoms with van der Waals surface area (Å²) in [6, 6.07) is 0.755. The van der Waals surface area contributed by atoms with Crippen molar-refractivity contribution in [1.29, 1.82) is 0 Å². The minimum absolute atomic E-state index is 0.306. The second-order valence-electron chi connectivity index (χ2n) is 8.18. The lowest BCUT2D eigenvalue weighted by atomic mass is 9.76. The Morgan fingerprint density at radius 2 is 1.47 bits per heavy atom. The Hall–Kier alpha value is -0.0400. The van der Waals surface area contributed by atoms with Crippen molar-refractivity contribution in [1.82, 2.24) is 4.90 Å². The van der Waals surface area contributed by atoms with E-state index in [4.69, 9.17) is 0 Å². The van der Waals surface area contributed by atoms with E-state index < -0.39 is 0 Å². The summed E-state index contributed by atoms with van der Waals surface area (Å²) in [6.07, 6.45) is 11.2. The first-order chi connectivity index (χ1) is 8.79.